The Morgan fingerprint density at radius 3 is 2.96 bits per heavy atom. The number of amides is 1. The summed E-state index contributed by atoms with van der Waals surface area (Å²) in [5, 5.41) is 7.59. The second-order valence-electron chi connectivity index (χ2n) is 7.04. The Morgan fingerprint density at radius 2 is 2.19 bits per heavy atom. The highest BCUT2D eigenvalue weighted by atomic mass is 16.5. The molecule has 5 heterocycles. The number of nitrogens with zero attached hydrogens (tertiary/aromatic N) is 5. The van der Waals surface area contributed by atoms with Crippen molar-refractivity contribution in [1.82, 2.24) is 24.6 Å². The van der Waals surface area contributed by atoms with Gasteiger partial charge in [0, 0.05) is 18.4 Å². The molecule has 0 spiro atoms. The molecule has 0 aliphatic carbocycles. The Labute approximate surface area is 150 Å². The molecule has 8 nitrogen and oxygen atoms in total. The Balaban J connectivity index is 1.34. The van der Waals surface area contributed by atoms with E-state index < -0.39 is 0 Å². The van der Waals surface area contributed by atoms with E-state index in [4.69, 9.17) is 4.74 Å². The lowest BCUT2D eigenvalue weighted by molar-refractivity contribution is -0.120. The van der Waals surface area contributed by atoms with Crippen LogP contribution in [0.3, 0.4) is 0 Å². The Morgan fingerprint density at radius 1 is 1.27 bits per heavy atom. The van der Waals surface area contributed by atoms with Crippen LogP contribution in [-0.2, 0) is 9.53 Å². The van der Waals surface area contributed by atoms with Crippen LogP contribution in [0.2, 0.25) is 0 Å². The molecule has 2 bridgehead atoms. The van der Waals surface area contributed by atoms with Gasteiger partial charge in [0.15, 0.2) is 0 Å². The zero-order chi connectivity index (χ0) is 17.5. The molecule has 0 saturated carbocycles. The molecule has 2 fully saturated rings. The van der Waals surface area contributed by atoms with Crippen LogP contribution in [0.4, 0.5) is 11.6 Å². The first-order chi connectivity index (χ1) is 12.8. The molecule has 8 heteroatoms. The molecule has 3 aliphatic heterocycles. The van der Waals surface area contributed by atoms with Crippen molar-refractivity contribution in [2.45, 2.75) is 37.4 Å². The molecule has 1 N–H and O–H groups in total. The van der Waals surface area contributed by atoms with Crippen molar-refractivity contribution < 1.29 is 9.53 Å². The third kappa shape index (κ3) is 2.66. The molecule has 0 aromatic carbocycles. The van der Waals surface area contributed by atoms with Crippen LogP contribution in [0, 0.1) is 0 Å². The van der Waals surface area contributed by atoms with Gasteiger partial charge in [0.1, 0.15) is 0 Å². The van der Waals surface area contributed by atoms with Crippen LogP contribution in [0.25, 0.3) is 5.57 Å². The average molecular weight is 352 g/mol. The molecule has 26 heavy (non-hydrogen) atoms. The summed E-state index contributed by atoms with van der Waals surface area (Å²) in [5.41, 5.74) is 2.98. The second kappa shape index (κ2) is 6.21. The quantitative estimate of drug-likeness (QED) is 0.826. The molecular weight excluding hydrogens is 332 g/mol. The largest absolute Gasteiger partial charge is 0.377 e. The molecular formula is C18H20N6O2. The van der Waals surface area contributed by atoms with Gasteiger partial charge in [-0.25, -0.2) is 9.97 Å². The third-order valence-electron chi connectivity index (χ3n) is 5.41. The highest BCUT2D eigenvalue weighted by Crippen LogP contribution is 2.37. The molecule has 1 amide bonds. The first-order valence-electron chi connectivity index (χ1n) is 8.96. The number of carbonyl (C=O) groups excluding carboxylic acids is 1. The smallest absolute Gasteiger partial charge is 0.227 e. The minimum absolute atomic E-state index is 0.204. The highest BCUT2D eigenvalue weighted by molar-refractivity contribution is 5.68. The van der Waals surface area contributed by atoms with Crippen molar-refractivity contribution >= 4 is 23.6 Å². The summed E-state index contributed by atoms with van der Waals surface area (Å²) in [6.45, 7) is 1.42. The van der Waals surface area contributed by atoms with E-state index in [9.17, 15) is 4.79 Å². The number of fused-ring (bicyclic) bond motifs is 2. The van der Waals surface area contributed by atoms with Crippen LogP contribution in [-0.4, -0.2) is 56.4 Å². The van der Waals surface area contributed by atoms with E-state index in [1.807, 2.05) is 21.8 Å². The zero-order valence-electron chi connectivity index (χ0n) is 14.3. The summed E-state index contributed by atoms with van der Waals surface area (Å²) in [6.07, 6.45) is 11.6. The number of ether oxygens (including phenoxy) is 1. The van der Waals surface area contributed by atoms with Crippen molar-refractivity contribution in [3.8, 4) is 0 Å². The van der Waals surface area contributed by atoms with Gasteiger partial charge in [0.2, 0.25) is 12.4 Å². The Hall–Kier alpha value is -2.74. The SMILES string of the molecule is O=CN1C2C=C(c3ccnc(Nc4cnn(C5COC5)c4)n3)CC1CC2. The van der Waals surface area contributed by atoms with E-state index in [2.05, 4.69) is 26.5 Å². The van der Waals surface area contributed by atoms with E-state index in [1.165, 1.54) is 5.57 Å². The van der Waals surface area contributed by atoms with Gasteiger partial charge < -0.3 is 15.0 Å². The fourth-order valence-electron chi connectivity index (χ4n) is 3.92. The van der Waals surface area contributed by atoms with Gasteiger partial charge >= 0.3 is 0 Å². The summed E-state index contributed by atoms with van der Waals surface area (Å²) >= 11 is 0. The Kier molecular flexibility index (Phi) is 3.70. The van der Waals surface area contributed by atoms with E-state index in [1.54, 1.807) is 12.4 Å². The van der Waals surface area contributed by atoms with Crippen LogP contribution in [0.5, 0.6) is 0 Å². The number of nitrogens with one attached hydrogen (secondary N) is 1. The first-order valence-corrected chi connectivity index (χ1v) is 8.96. The molecule has 0 radical (unpaired) electrons. The lowest BCUT2D eigenvalue weighted by Crippen LogP contribution is -2.37. The van der Waals surface area contributed by atoms with Crippen LogP contribution >= 0.6 is 0 Å². The fraction of sp³-hybridized carbons (Fsp3) is 0.444. The van der Waals surface area contributed by atoms with E-state index >= 15 is 0 Å². The first kappa shape index (κ1) is 15.5. The van der Waals surface area contributed by atoms with Crippen LogP contribution in [0.1, 0.15) is 31.0 Å². The third-order valence-corrected chi connectivity index (χ3v) is 5.41. The molecule has 2 unspecified atom stereocenters. The second-order valence-corrected chi connectivity index (χ2v) is 7.04. The van der Waals surface area contributed by atoms with Crippen LogP contribution < -0.4 is 5.32 Å². The highest BCUT2D eigenvalue weighted by Gasteiger charge is 2.36. The van der Waals surface area contributed by atoms with Gasteiger partial charge in [-0.3, -0.25) is 9.48 Å². The predicted molar refractivity (Wildman–Crippen MR) is 94.7 cm³/mol. The van der Waals surface area contributed by atoms with Gasteiger partial charge in [-0.05, 0) is 30.9 Å². The van der Waals surface area contributed by atoms with Crippen molar-refractivity contribution in [1.29, 1.82) is 0 Å². The topological polar surface area (TPSA) is 85.2 Å². The van der Waals surface area contributed by atoms with Crippen molar-refractivity contribution in [3.63, 3.8) is 0 Å². The molecule has 2 aromatic rings. The van der Waals surface area contributed by atoms with Gasteiger partial charge in [-0.1, -0.05) is 6.08 Å². The summed E-state index contributed by atoms with van der Waals surface area (Å²) < 4.78 is 7.11. The number of anilines is 2. The molecule has 2 atom stereocenters. The summed E-state index contributed by atoms with van der Waals surface area (Å²) in [5.74, 6) is 0.554. The maximum atomic E-state index is 11.2. The molecule has 134 valence electrons. The van der Waals surface area contributed by atoms with Gasteiger partial charge in [-0.15, -0.1) is 0 Å². The maximum Gasteiger partial charge on any atom is 0.227 e. The molecule has 3 aliphatic rings. The number of hydrogen-bond acceptors (Lipinski definition) is 6. The van der Waals surface area contributed by atoms with E-state index in [-0.39, 0.29) is 6.04 Å². The molecule has 2 aromatic heterocycles. The minimum atomic E-state index is 0.204. The van der Waals surface area contributed by atoms with Crippen LogP contribution in [0.15, 0.2) is 30.7 Å². The lowest BCUT2D eigenvalue weighted by atomic mass is 9.99. The lowest BCUT2D eigenvalue weighted by Gasteiger charge is -2.30. The monoisotopic (exact) mass is 352 g/mol. The molecule has 2 saturated heterocycles. The zero-order valence-corrected chi connectivity index (χ0v) is 14.3. The fourth-order valence-corrected chi connectivity index (χ4v) is 3.92. The van der Waals surface area contributed by atoms with Gasteiger partial charge in [0.05, 0.1) is 42.9 Å². The van der Waals surface area contributed by atoms with E-state index in [0.29, 0.717) is 31.2 Å². The number of rotatable bonds is 5. The summed E-state index contributed by atoms with van der Waals surface area (Å²) in [4.78, 5) is 22.2. The number of carbonyl (C=O) groups is 1. The summed E-state index contributed by atoms with van der Waals surface area (Å²) in [7, 11) is 0. The standard InChI is InChI=1S/C18H20N6O2/c25-11-23-14-1-2-15(23)6-12(5-14)17-3-4-19-18(22-17)21-13-7-20-24(8-13)16-9-26-10-16/h3-5,7-8,11,14-16H,1-2,6,9-10H2,(H,19,21,22). The van der Waals surface area contributed by atoms with Gasteiger partial charge in [0.25, 0.3) is 0 Å². The molecule has 5 rings (SSSR count). The Bertz CT molecular complexity index is 859. The summed E-state index contributed by atoms with van der Waals surface area (Å²) in [6, 6.07) is 2.76. The van der Waals surface area contributed by atoms with E-state index in [0.717, 1.165) is 37.1 Å². The average Bonchev–Trinajstić information content (AvgIpc) is 3.14. The maximum absolute atomic E-state index is 11.2. The van der Waals surface area contributed by atoms with Crippen molar-refractivity contribution in [3.05, 3.63) is 36.4 Å². The van der Waals surface area contributed by atoms with Crippen molar-refractivity contribution in [2.75, 3.05) is 18.5 Å². The minimum Gasteiger partial charge on any atom is -0.377 e. The number of hydrogen-bond donors (Lipinski definition) is 1. The normalized spacial score (nSPS) is 24.9. The number of aromatic nitrogens is 4. The predicted octanol–water partition coefficient (Wildman–Crippen LogP) is 1.76. The van der Waals surface area contributed by atoms with Gasteiger partial charge in [-0.2, -0.15) is 5.10 Å². The van der Waals surface area contributed by atoms with Crippen molar-refractivity contribution in [2.24, 2.45) is 0 Å².